The highest BCUT2D eigenvalue weighted by Crippen LogP contribution is 2.22. The molecule has 0 atom stereocenters. The number of esters is 1. The van der Waals surface area contributed by atoms with Crippen LogP contribution < -0.4 is 0 Å². The summed E-state index contributed by atoms with van der Waals surface area (Å²) >= 11 is 0. The molecule has 0 fully saturated rings. The molecule has 0 bridgehead atoms. The molecule has 19 heavy (non-hydrogen) atoms. The van der Waals surface area contributed by atoms with Gasteiger partial charge >= 0.3 is 5.97 Å². The molecule has 0 aliphatic rings. The standard InChI is InChI=1S/C17H14O2/c1-19-17(18)13-7-11-15-10-5-6-12-16(15)14-8-3-2-4-9-14/h2-6,8-10,12H,13H2,1H3. The van der Waals surface area contributed by atoms with Crippen LogP contribution in [0.1, 0.15) is 12.0 Å². The van der Waals surface area contributed by atoms with E-state index >= 15 is 0 Å². The number of benzene rings is 2. The molecule has 2 rings (SSSR count). The molecule has 0 aromatic heterocycles. The normalized spacial score (nSPS) is 9.32. The van der Waals surface area contributed by atoms with E-state index in [2.05, 4.69) is 16.6 Å². The van der Waals surface area contributed by atoms with Gasteiger partial charge in [-0.1, -0.05) is 60.4 Å². The molecule has 2 nitrogen and oxygen atoms in total. The molecule has 0 saturated carbocycles. The Kier molecular flexibility index (Phi) is 4.36. The van der Waals surface area contributed by atoms with Crippen molar-refractivity contribution in [3.05, 3.63) is 60.2 Å². The van der Waals surface area contributed by atoms with Crippen molar-refractivity contribution in [2.45, 2.75) is 6.42 Å². The first kappa shape index (κ1) is 12.9. The first-order valence-corrected chi connectivity index (χ1v) is 6.01. The summed E-state index contributed by atoms with van der Waals surface area (Å²) in [5, 5.41) is 0. The number of carbonyl (C=O) groups excluding carboxylic acids is 1. The number of carbonyl (C=O) groups is 1. The highest BCUT2D eigenvalue weighted by atomic mass is 16.5. The number of hydrogen-bond acceptors (Lipinski definition) is 2. The summed E-state index contributed by atoms with van der Waals surface area (Å²) in [4.78, 5) is 11.0. The predicted octanol–water partition coefficient (Wildman–Crippen LogP) is 3.27. The molecule has 2 aromatic rings. The topological polar surface area (TPSA) is 26.3 Å². The third-order valence-electron chi connectivity index (χ3n) is 2.70. The molecule has 0 amide bonds. The highest BCUT2D eigenvalue weighted by molar-refractivity contribution is 5.74. The van der Waals surface area contributed by atoms with Crippen molar-refractivity contribution in [2.75, 3.05) is 7.11 Å². The molecule has 0 N–H and O–H groups in total. The van der Waals surface area contributed by atoms with Crippen LogP contribution in [0, 0.1) is 11.8 Å². The maximum absolute atomic E-state index is 11.0. The zero-order valence-corrected chi connectivity index (χ0v) is 10.7. The molecule has 0 heterocycles. The lowest BCUT2D eigenvalue weighted by Crippen LogP contribution is -1.97. The van der Waals surface area contributed by atoms with Gasteiger partial charge in [0.2, 0.25) is 0 Å². The maximum Gasteiger partial charge on any atom is 0.317 e. The van der Waals surface area contributed by atoms with Crippen molar-refractivity contribution < 1.29 is 9.53 Å². The number of rotatable bonds is 2. The van der Waals surface area contributed by atoms with Gasteiger partial charge in [-0.25, -0.2) is 0 Å². The van der Waals surface area contributed by atoms with Crippen molar-refractivity contribution in [2.24, 2.45) is 0 Å². The summed E-state index contributed by atoms with van der Waals surface area (Å²) in [5.41, 5.74) is 3.10. The molecular weight excluding hydrogens is 236 g/mol. The Balaban J connectivity index is 2.30. The summed E-state index contributed by atoms with van der Waals surface area (Å²) in [6.07, 6.45) is 0.111. The van der Waals surface area contributed by atoms with Crippen LogP contribution >= 0.6 is 0 Å². The second kappa shape index (κ2) is 6.42. The van der Waals surface area contributed by atoms with Gasteiger partial charge in [0, 0.05) is 5.56 Å². The monoisotopic (exact) mass is 250 g/mol. The van der Waals surface area contributed by atoms with Crippen LogP contribution in [0.4, 0.5) is 0 Å². The minimum absolute atomic E-state index is 0.111. The summed E-state index contributed by atoms with van der Waals surface area (Å²) in [6.45, 7) is 0. The van der Waals surface area contributed by atoms with Crippen LogP contribution in [0.15, 0.2) is 54.6 Å². The number of hydrogen-bond donors (Lipinski definition) is 0. The largest absolute Gasteiger partial charge is 0.468 e. The molecule has 0 saturated heterocycles. The number of ether oxygens (including phenoxy) is 1. The van der Waals surface area contributed by atoms with E-state index in [1.165, 1.54) is 7.11 Å². The maximum atomic E-state index is 11.0. The third-order valence-corrected chi connectivity index (χ3v) is 2.70. The molecule has 0 radical (unpaired) electrons. The highest BCUT2D eigenvalue weighted by Gasteiger charge is 2.01. The fraction of sp³-hybridized carbons (Fsp3) is 0.118. The van der Waals surface area contributed by atoms with Crippen LogP contribution in [0.5, 0.6) is 0 Å². The van der Waals surface area contributed by atoms with Gasteiger partial charge in [-0.05, 0) is 17.2 Å². The van der Waals surface area contributed by atoms with Gasteiger partial charge in [-0.15, -0.1) is 0 Å². The third kappa shape index (κ3) is 3.46. The predicted molar refractivity (Wildman–Crippen MR) is 75.4 cm³/mol. The van der Waals surface area contributed by atoms with E-state index in [1.807, 2.05) is 54.6 Å². The van der Waals surface area contributed by atoms with Crippen LogP contribution in [0.25, 0.3) is 11.1 Å². The second-order valence-corrected chi connectivity index (χ2v) is 3.97. The Bertz CT molecular complexity index is 618. The van der Waals surface area contributed by atoms with E-state index in [9.17, 15) is 4.79 Å². The molecule has 2 heteroatoms. The number of methoxy groups -OCH3 is 1. The Morgan fingerprint density at radius 2 is 1.74 bits per heavy atom. The van der Waals surface area contributed by atoms with E-state index in [0.29, 0.717) is 0 Å². The average molecular weight is 250 g/mol. The Labute approximate surface area is 113 Å². The van der Waals surface area contributed by atoms with Crippen LogP contribution in [0.2, 0.25) is 0 Å². The molecule has 94 valence electrons. The lowest BCUT2D eigenvalue weighted by molar-refractivity contribution is -0.139. The second-order valence-electron chi connectivity index (χ2n) is 3.97. The molecule has 2 aromatic carbocycles. The van der Waals surface area contributed by atoms with Gasteiger partial charge in [0.05, 0.1) is 7.11 Å². The van der Waals surface area contributed by atoms with Crippen molar-refractivity contribution in [1.29, 1.82) is 0 Å². The van der Waals surface area contributed by atoms with E-state index in [4.69, 9.17) is 0 Å². The van der Waals surface area contributed by atoms with Crippen LogP contribution in [0.3, 0.4) is 0 Å². The average Bonchev–Trinajstić information content (AvgIpc) is 2.48. The van der Waals surface area contributed by atoms with Gasteiger partial charge in [-0.2, -0.15) is 0 Å². The quantitative estimate of drug-likeness (QED) is 0.604. The summed E-state index contributed by atoms with van der Waals surface area (Å²) in [5.74, 6) is 5.55. The van der Waals surface area contributed by atoms with Crippen LogP contribution in [-0.4, -0.2) is 13.1 Å². The summed E-state index contributed by atoms with van der Waals surface area (Å²) in [7, 11) is 1.36. The smallest absolute Gasteiger partial charge is 0.317 e. The SMILES string of the molecule is COC(=O)CC#Cc1ccccc1-c1ccccc1. The Morgan fingerprint density at radius 1 is 1.05 bits per heavy atom. The van der Waals surface area contributed by atoms with Gasteiger partial charge in [0.15, 0.2) is 0 Å². The zero-order valence-electron chi connectivity index (χ0n) is 10.7. The van der Waals surface area contributed by atoms with Crippen molar-refractivity contribution in [3.8, 4) is 23.0 Å². The lowest BCUT2D eigenvalue weighted by Gasteiger charge is -2.04. The van der Waals surface area contributed by atoms with E-state index in [-0.39, 0.29) is 12.4 Å². The fourth-order valence-corrected chi connectivity index (χ4v) is 1.75. The van der Waals surface area contributed by atoms with E-state index in [0.717, 1.165) is 16.7 Å². The zero-order chi connectivity index (χ0) is 13.5. The van der Waals surface area contributed by atoms with Gasteiger partial charge in [0.25, 0.3) is 0 Å². The molecule has 0 aliphatic heterocycles. The summed E-state index contributed by atoms with van der Waals surface area (Å²) in [6, 6.07) is 17.9. The molecule has 0 aliphatic carbocycles. The van der Waals surface area contributed by atoms with Gasteiger partial charge < -0.3 is 4.74 Å². The van der Waals surface area contributed by atoms with Crippen molar-refractivity contribution in [3.63, 3.8) is 0 Å². The van der Waals surface area contributed by atoms with Crippen LogP contribution in [-0.2, 0) is 9.53 Å². The molecular formula is C17H14O2. The lowest BCUT2D eigenvalue weighted by atomic mass is 10.00. The van der Waals surface area contributed by atoms with Crippen molar-refractivity contribution >= 4 is 5.97 Å². The fourth-order valence-electron chi connectivity index (χ4n) is 1.75. The molecule has 0 spiro atoms. The van der Waals surface area contributed by atoms with E-state index in [1.54, 1.807) is 0 Å². The Hall–Kier alpha value is -2.53. The minimum Gasteiger partial charge on any atom is -0.468 e. The van der Waals surface area contributed by atoms with E-state index < -0.39 is 0 Å². The van der Waals surface area contributed by atoms with Gasteiger partial charge in [-0.3, -0.25) is 4.79 Å². The minimum atomic E-state index is -0.315. The van der Waals surface area contributed by atoms with Crippen molar-refractivity contribution in [1.82, 2.24) is 0 Å². The Morgan fingerprint density at radius 3 is 2.47 bits per heavy atom. The van der Waals surface area contributed by atoms with Gasteiger partial charge in [0.1, 0.15) is 6.42 Å². The first-order chi connectivity index (χ1) is 9.31. The first-order valence-electron chi connectivity index (χ1n) is 6.01. The molecule has 0 unspecified atom stereocenters. The summed E-state index contributed by atoms with van der Waals surface area (Å²) < 4.78 is 4.56.